The second kappa shape index (κ2) is 8.83. The Morgan fingerprint density at radius 3 is 2.49 bits per heavy atom. The molecular weight excluding hydrogens is 501 g/mol. The van der Waals surface area contributed by atoms with E-state index < -0.39 is 45.0 Å². The molecule has 5 rings (SSSR count). The van der Waals surface area contributed by atoms with Gasteiger partial charge in [-0.25, -0.2) is 21.6 Å². The van der Waals surface area contributed by atoms with Gasteiger partial charge in [-0.2, -0.15) is 0 Å². The zero-order valence-corrected chi connectivity index (χ0v) is 21.2. The summed E-state index contributed by atoms with van der Waals surface area (Å²) < 4.78 is 72.7. The number of rotatable bonds is 4. The summed E-state index contributed by atoms with van der Waals surface area (Å²) in [6, 6.07) is 14.8. The molecule has 3 N–H and O–H groups in total. The molecule has 3 aromatic carbocycles. The number of benzene rings is 3. The fourth-order valence-corrected chi connectivity index (χ4v) is 7.51. The first-order chi connectivity index (χ1) is 17.4. The molecule has 37 heavy (non-hydrogen) atoms. The molecular formula is C28H27F3N2O3S. The van der Waals surface area contributed by atoms with Crippen molar-refractivity contribution in [2.45, 2.75) is 38.7 Å². The van der Waals surface area contributed by atoms with Crippen LogP contribution >= 0.6 is 0 Å². The Balaban J connectivity index is 1.61. The molecule has 0 fully saturated rings. The lowest BCUT2D eigenvalue weighted by molar-refractivity contribution is -0.00414. The van der Waals surface area contributed by atoms with Crippen LogP contribution in [0.15, 0.2) is 77.3 Å². The molecule has 0 bridgehead atoms. The minimum atomic E-state index is -3.88. The third-order valence-corrected chi connectivity index (χ3v) is 9.07. The molecule has 0 amide bonds. The first kappa shape index (κ1) is 25.2. The van der Waals surface area contributed by atoms with Crippen molar-refractivity contribution in [3.05, 3.63) is 99.8 Å². The standard InChI is InChI=1S/C28H27F3N2O3S/c1-27(2)15-22-26(37(35,36)16-27)24(32-21-9-6-10-23(34)25(21)33-22)19-12-11-18(13-20(19)29)28(30,31)14-17-7-4-3-5-8-17/h3-13,24,32-34H,14-16H2,1-2H3/t24-/m1/s1. The number of phenols is 1. The Labute approximate surface area is 214 Å². The van der Waals surface area contributed by atoms with Crippen molar-refractivity contribution in [2.24, 2.45) is 5.41 Å². The van der Waals surface area contributed by atoms with E-state index in [2.05, 4.69) is 10.6 Å². The molecule has 0 saturated carbocycles. The number of hydrogen-bond donors (Lipinski definition) is 3. The van der Waals surface area contributed by atoms with E-state index in [1.54, 1.807) is 42.5 Å². The quantitative estimate of drug-likeness (QED) is 0.337. The van der Waals surface area contributed by atoms with Gasteiger partial charge < -0.3 is 15.7 Å². The molecule has 0 radical (unpaired) electrons. The summed E-state index contributed by atoms with van der Waals surface area (Å²) in [5.41, 5.74) is 0.216. The fraction of sp³-hybridized carbons (Fsp3) is 0.286. The largest absolute Gasteiger partial charge is 0.506 e. The SMILES string of the molecule is CC1(C)CC2=C([C@@H](c3ccc(C(F)(F)Cc4ccccc4)cc3F)Nc3cccc(O)c3N2)S(=O)(=O)C1. The number of fused-ring (bicyclic) bond motifs is 1. The summed E-state index contributed by atoms with van der Waals surface area (Å²) in [7, 11) is -3.88. The van der Waals surface area contributed by atoms with Crippen molar-refractivity contribution in [1.82, 2.24) is 0 Å². The normalized spacial score (nSPS) is 20.2. The number of para-hydroxylation sites is 1. The molecule has 0 unspecified atom stereocenters. The van der Waals surface area contributed by atoms with Crippen LogP contribution in [0.3, 0.4) is 0 Å². The van der Waals surface area contributed by atoms with Crippen LogP contribution in [0.2, 0.25) is 0 Å². The van der Waals surface area contributed by atoms with Gasteiger partial charge in [-0.15, -0.1) is 0 Å². The second-order valence-corrected chi connectivity index (χ2v) is 12.4. The van der Waals surface area contributed by atoms with Crippen molar-refractivity contribution in [3.8, 4) is 5.75 Å². The topological polar surface area (TPSA) is 78.4 Å². The van der Waals surface area contributed by atoms with Gasteiger partial charge in [-0.05, 0) is 35.6 Å². The lowest BCUT2D eigenvalue weighted by atomic mass is 9.88. The average Bonchev–Trinajstić information content (AvgIpc) is 2.96. The van der Waals surface area contributed by atoms with E-state index in [1.165, 1.54) is 12.1 Å². The number of hydrogen-bond acceptors (Lipinski definition) is 5. The second-order valence-electron chi connectivity index (χ2n) is 10.4. The van der Waals surface area contributed by atoms with E-state index in [-0.39, 0.29) is 27.7 Å². The molecule has 1 atom stereocenters. The number of nitrogens with one attached hydrogen (secondary N) is 2. The van der Waals surface area contributed by atoms with Gasteiger partial charge in [0, 0.05) is 23.2 Å². The first-order valence-electron chi connectivity index (χ1n) is 11.9. The molecule has 2 heterocycles. The van der Waals surface area contributed by atoms with Crippen molar-refractivity contribution < 1.29 is 26.7 Å². The number of anilines is 2. The van der Waals surface area contributed by atoms with Crippen molar-refractivity contribution in [1.29, 1.82) is 0 Å². The third kappa shape index (κ3) is 4.80. The van der Waals surface area contributed by atoms with E-state index in [4.69, 9.17) is 0 Å². The Bertz CT molecular complexity index is 1500. The van der Waals surface area contributed by atoms with E-state index in [0.29, 0.717) is 23.4 Å². The lowest BCUT2D eigenvalue weighted by Crippen LogP contribution is -2.35. The van der Waals surface area contributed by atoms with Crippen LogP contribution in [-0.2, 0) is 22.2 Å². The van der Waals surface area contributed by atoms with E-state index in [1.807, 2.05) is 13.8 Å². The average molecular weight is 529 g/mol. The molecule has 0 aliphatic carbocycles. The summed E-state index contributed by atoms with van der Waals surface area (Å²) in [4.78, 5) is -0.0508. The molecule has 194 valence electrons. The van der Waals surface area contributed by atoms with Gasteiger partial charge in [0.15, 0.2) is 9.84 Å². The van der Waals surface area contributed by atoms with Gasteiger partial charge in [-0.1, -0.05) is 62.4 Å². The van der Waals surface area contributed by atoms with E-state index in [0.717, 1.165) is 12.1 Å². The van der Waals surface area contributed by atoms with E-state index in [9.17, 15) is 13.5 Å². The van der Waals surface area contributed by atoms with Crippen LogP contribution in [0, 0.1) is 11.2 Å². The highest BCUT2D eigenvalue weighted by Crippen LogP contribution is 2.48. The van der Waals surface area contributed by atoms with Crippen molar-refractivity contribution in [3.63, 3.8) is 0 Å². The maximum absolute atomic E-state index is 15.6. The highest BCUT2D eigenvalue weighted by molar-refractivity contribution is 7.95. The number of aromatic hydroxyl groups is 1. The predicted octanol–water partition coefficient (Wildman–Crippen LogP) is 6.50. The van der Waals surface area contributed by atoms with Gasteiger partial charge in [0.1, 0.15) is 17.3 Å². The lowest BCUT2D eigenvalue weighted by Gasteiger charge is -2.35. The van der Waals surface area contributed by atoms with Gasteiger partial charge in [0.05, 0.1) is 22.4 Å². The summed E-state index contributed by atoms with van der Waals surface area (Å²) >= 11 is 0. The van der Waals surface area contributed by atoms with Crippen molar-refractivity contribution in [2.75, 3.05) is 16.4 Å². The Hall–Kier alpha value is -3.46. The summed E-state index contributed by atoms with van der Waals surface area (Å²) in [6.07, 6.45) is -0.258. The van der Waals surface area contributed by atoms with Crippen LogP contribution in [0.4, 0.5) is 24.5 Å². The van der Waals surface area contributed by atoms with Crippen LogP contribution in [0.1, 0.15) is 43.0 Å². The monoisotopic (exact) mass is 528 g/mol. The number of alkyl halides is 2. The molecule has 2 aliphatic heterocycles. The van der Waals surface area contributed by atoms with Crippen LogP contribution < -0.4 is 10.6 Å². The molecule has 3 aromatic rings. The minimum absolute atomic E-state index is 0.0508. The molecule has 2 aliphatic rings. The zero-order chi connectivity index (χ0) is 26.6. The summed E-state index contributed by atoms with van der Waals surface area (Å²) in [6.45, 7) is 3.64. The number of allylic oxidation sites excluding steroid dienone is 1. The first-order valence-corrected chi connectivity index (χ1v) is 13.5. The third-order valence-electron chi connectivity index (χ3n) is 6.75. The van der Waals surface area contributed by atoms with Crippen LogP contribution in [0.5, 0.6) is 5.75 Å². The maximum Gasteiger partial charge on any atom is 0.277 e. The van der Waals surface area contributed by atoms with Gasteiger partial charge in [0.2, 0.25) is 0 Å². The fourth-order valence-electron chi connectivity index (χ4n) is 5.18. The molecule has 0 spiro atoms. The Morgan fingerprint density at radius 1 is 1.05 bits per heavy atom. The zero-order valence-electron chi connectivity index (χ0n) is 20.4. The maximum atomic E-state index is 15.6. The van der Waals surface area contributed by atoms with Gasteiger partial charge >= 0.3 is 0 Å². The van der Waals surface area contributed by atoms with Crippen LogP contribution in [-0.4, -0.2) is 19.3 Å². The molecule has 5 nitrogen and oxygen atoms in total. The van der Waals surface area contributed by atoms with Crippen LogP contribution in [0.25, 0.3) is 0 Å². The molecule has 0 saturated heterocycles. The summed E-state index contributed by atoms with van der Waals surface area (Å²) in [5, 5.41) is 16.6. The Morgan fingerprint density at radius 2 is 1.78 bits per heavy atom. The minimum Gasteiger partial charge on any atom is -0.506 e. The highest BCUT2D eigenvalue weighted by Gasteiger charge is 2.44. The highest BCUT2D eigenvalue weighted by atomic mass is 32.2. The molecule has 0 aromatic heterocycles. The Kier molecular flexibility index (Phi) is 6.02. The van der Waals surface area contributed by atoms with E-state index >= 15 is 13.2 Å². The smallest absolute Gasteiger partial charge is 0.277 e. The predicted molar refractivity (Wildman–Crippen MR) is 138 cm³/mol. The van der Waals surface area contributed by atoms with Gasteiger partial charge in [-0.3, -0.25) is 0 Å². The molecule has 9 heteroatoms. The number of sulfone groups is 1. The van der Waals surface area contributed by atoms with Crippen molar-refractivity contribution >= 4 is 21.2 Å². The van der Waals surface area contributed by atoms with Gasteiger partial charge in [0.25, 0.3) is 5.92 Å². The number of halogens is 3. The summed E-state index contributed by atoms with van der Waals surface area (Å²) in [5.74, 6) is -4.54. The number of phenolic OH excluding ortho intramolecular Hbond substituents is 1.